The molecule has 0 saturated heterocycles. The number of aliphatic carboxylic acids is 1. The third-order valence-electron chi connectivity index (χ3n) is 1.84. The zero-order chi connectivity index (χ0) is 11.8. The van der Waals surface area contributed by atoms with Crippen LogP contribution in [0.15, 0.2) is 24.3 Å². The van der Waals surface area contributed by atoms with Gasteiger partial charge in [-0.1, -0.05) is 12.1 Å². The summed E-state index contributed by atoms with van der Waals surface area (Å²) in [5.41, 5.74) is 0.393. The van der Waals surface area contributed by atoms with Crippen molar-refractivity contribution in [3.8, 4) is 11.5 Å². The van der Waals surface area contributed by atoms with Gasteiger partial charge in [-0.05, 0) is 23.8 Å². The maximum atomic E-state index is 12.6. The van der Waals surface area contributed by atoms with Crippen LogP contribution in [0.25, 0.3) is 6.08 Å². The Labute approximate surface area is 88.7 Å². The van der Waals surface area contributed by atoms with Crippen LogP contribution in [0.2, 0.25) is 0 Å². The highest BCUT2D eigenvalue weighted by Gasteiger charge is 2.43. The van der Waals surface area contributed by atoms with Crippen molar-refractivity contribution in [2.75, 3.05) is 0 Å². The van der Waals surface area contributed by atoms with Gasteiger partial charge in [0.25, 0.3) is 0 Å². The first-order chi connectivity index (χ1) is 7.46. The van der Waals surface area contributed by atoms with Crippen molar-refractivity contribution in [3.05, 3.63) is 29.8 Å². The van der Waals surface area contributed by atoms with Gasteiger partial charge in [0.05, 0.1) is 5.97 Å². The van der Waals surface area contributed by atoms with Crippen molar-refractivity contribution in [2.45, 2.75) is 6.29 Å². The lowest BCUT2D eigenvalue weighted by Gasteiger charge is -2.04. The molecule has 0 aromatic heterocycles. The zero-order valence-corrected chi connectivity index (χ0v) is 7.78. The Kier molecular flexibility index (Phi) is 2.26. The molecule has 0 saturated carbocycles. The molecule has 0 unspecified atom stereocenters. The predicted molar refractivity (Wildman–Crippen MR) is 46.7 cm³/mol. The van der Waals surface area contributed by atoms with Crippen molar-refractivity contribution in [2.24, 2.45) is 0 Å². The quantitative estimate of drug-likeness (QED) is 0.700. The third-order valence-corrected chi connectivity index (χ3v) is 1.84. The first-order valence-electron chi connectivity index (χ1n) is 4.25. The predicted octanol–water partition coefficient (Wildman–Crippen LogP) is 0.771. The van der Waals surface area contributed by atoms with Crippen LogP contribution in [0.5, 0.6) is 11.5 Å². The van der Waals surface area contributed by atoms with Crippen LogP contribution < -0.4 is 14.6 Å². The summed E-state index contributed by atoms with van der Waals surface area (Å²) in [4.78, 5) is 10.1. The fraction of sp³-hybridized carbons (Fsp3) is 0.100. The average molecular weight is 227 g/mol. The van der Waals surface area contributed by atoms with E-state index in [0.29, 0.717) is 5.56 Å². The molecule has 0 fully saturated rings. The maximum Gasteiger partial charge on any atom is 0.586 e. The number of fused-ring (bicyclic) bond motifs is 1. The number of hydrogen-bond acceptors (Lipinski definition) is 4. The number of carboxylic acids is 1. The van der Waals surface area contributed by atoms with Gasteiger partial charge in [0.1, 0.15) is 0 Å². The molecule has 1 aromatic rings. The molecular weight excluding hydrogens is 222 g/mol. The van der Waals surface area contributed by atoms with Gasteiger partial charge in [-0.25, -0.2) is 0 Å². The van der Waals surface area contributed by atoms with E-state index in [2.05, 4.69) is 9.47 Å². The number of alkyl halides is 2. The Bertz CT molecular complexity index is 468. The molecule has 0 N–H and O–H groups in total. The van der Waals surface area contributed by atoms with E-state index in [1.807, 2.05) is 0 Å². The number of rotatable bonds is 2. The third kappa shape index (κ3) is 2.10. The summed E-state index contributed by atoms with van der Waals surface area (Å²) in [6, 6.07) is 3.93. The number of hydrogen-bond donors (Lipinski definition) is 0. The van der Waals surface area contributed by atoms with Gasteiger partial charge in [-0.2, -0.15) is 0 Å². The number of carbonyl (C=O) groups is 1. The SMILES string of the molecule is O=C([O-])/C=C/c1ccc2c(c1)OC(F)(F)O2. The minimum Gasteiger partial charge on any atom is -0.545 e. The average Bonchev–Trinajstić information content (AvgIpc) is 2.47. The molecule has 0 spiro atoms. The minimum absolute atomic E-state index is 0.0874. The highest BCUT2D eigenvalue weighted by Crippen LogP contribution is 2.41. The van der Waals surface area contributed by atoms with Gasteiger partial charge < -0.3 is 19.4 Å². The van der Waals surface area contributed by atoms with Crippen molar-refractivity contribution in [1.29, 1.82) is 0 Å². The lowest BCUT2D eigenvalue weighted by Crippen LogP contribution is -2.25. The van der Waals surface area contributed by atoms with E-state index < -0.39 is 12.3 Å². The van der Waals surface area contributed by atoms with Crippen molar-refractivity contribution in [3.63, 3.8) is 0 Å². The summed E-state index contributed by atoms with van der Waals surface area (Å²) in [6.45, 7) is 0. The summed E-state index contributed by atoms with van der Waals surface area (Å²) in [5.74, 6) is -1.59. The second-order valence-electron chi connectivity index (χ2n) is 3.03. The number of ether oxygens (including phenoxy) is 2. The summed E-state index contributed by atoms with van der Waals surface area (Å²) in [7, 11) is 0. The standard InChI is InChI=1S/C10H6F2O4/c11-10(12)15-7-3-1-6(2-4-9(13)14)5-8(7)16-10/h1-5H,(H,13,14)/p-1/b4-2+. The van der Waals surface area contributed by atoms with Crippen molar-refractivity contribution < 1.29 is 28.2 Å². The van der Waals surface area contributed by atoms with Gasteiger partial charge in [0, 0.05) is 0 Å². The van der Waals surface area contributed by atoms with Crippen LogP contribution in [0, 0.1) is 0 Å². The topological polar surface area (TPSA) is 58.6 Å². The Morgan fingerprint density at radius 1 is 1.31 bits per heavy atom. The van der Waals surface area contributed by atoms with Crippen molar-refractivity contribution >= 4 is 12.0 Å². The number of carboxylic acid groups (broad SMARTS) is 1. The molecule has 16 heavy (non-hydrogen) atoms. The van der Waals surface area contributed by atoms with Crippen LogP contribution in [0.3, 0.4) is 0 Å². The van der Waals surface area contributed by atoms with E-state index >= 15 is 0 Å². The van der Waals surface area contributed by atoms with Crippen LogP contribution in [0.1, 0.15) is 5.56 Å². The molecule has 2 rings (SSSR count). The highest BCUT2D eigenvalue weighted by molar-refractivity contribution is 5.83. The molecule has 0 radical (unpaired) electrons. The molecule has 1 aromatic carbocycles. The fourth-order valence-corrected chi connectivity index (χ4v) is 1.23. The normalized spacial score (nSPS) is 16.6. The van der Waals surface area contributed by atoms with Gasteiger partial charge in [-0.15, -0.1) is 8.78 Å². The lowest BCUT2D eigenvalue weighted by molar-refractivity contribution is -0.297. The Morgan fingerprint density at radius 3 is 2.69 bits per heavy atom. The monoisotopic (exact) mass is 227 g/mol. The highest BCUT2D eigenvalue weighted by atomic mass is 19.3. The molecule has 0 aliphatic carbocycles. The largest absolute Gasteiger partial charge is 0.586 e. The zero-order valence-electron chi connectivity index (χ0n) is 7.78. The molecule has 1 aliphatic heterocycles. The van der Waals surface area contributed by atoms with Gasteiger partial charge in [0.2, 0.25) is 0 Å². The fourth-order valence-electron chi connectivity index (χ4n) is 1.23. The second kappa shape index (κ2) is 3.48. The van der Waals surface area contributed by atoms with Gasteiger partial charge in [0.15, 0.2) is 11.5 Å². The number of halogens is 2. The van der Waals surface area contributed by atoms with Crippen molar-refractivity contribution in [1.82, 2.24) is 0 Å². The first kappa shape index (κ1) is 10.4. The lowest BCUT2D eigenvalue weighted by atomic mass is 10.2. The number of benzene rings is 1. The van der Waals surface area contributed by atoms with E-state index in [0.717, 1.165) is 6.08 Å². The summed E-state index contributed by atoms with van der Waals surface area (Å²) >= 11 is 0. The molecule has 1 aliphatic rings. The van der Waals surface area contributed by atoms with E-state index in [4.69, 9.17) is 0 Å². The molecular formula is C10H5F2O4-. The van der Waals surface area contributed by atoms with Crippen LogP contribution >= 0.6 is 0 Å². The van der Waals surface area contributed by atoms with Crippen LogP contribution in [0.4, 0.5) is 8.78 Å². The molecule has 4 nitrogen and oxygen atoms in total. The molecule has 0 bridgehead atoms. The summed E-state index contributed by atoms with van der Waals surface area (Å²) in [6.07, 6.45) is -1.68. The van der Waals surface area contributed by atoms with E-state index in [1.165, 1.54) is 24.3 Å². The van der Waals surface area contributed by atoms with Gasteiger partial charge >= 0.3 is 6.29 Å². The Hall–Kier alpha value is -2.11. The van der Waals surface area contributed by atoms with E-state index in [-0.39, 0.29) is 11.5 Å². The van der Waals surface area contributed by atoms with E-state index in [1.54, 1.807) is 0 Å². The molecule has 84 valence electrons. The summed E-state index contributed by atoms with van der Waals surface area (Å²) < 4.78 is 33.6. The Morgan fingerprint density at radius 2 is 2.00 bits per heavy atom. The summed E-state index contributed by atoms with van der Waals surface area (Å²) in [5, 5.41) is 10.1. The first-order valence-corrected chi connectivity index (χ1v) is 4.25. The maximum absolute atomic E-state index is 12.6. The van der Waals surface area contributed by atoms with Crippen LogP contribution in [-0.2, 0) is 4.79 Å². The smallest absolute Gasteiger partial charge is 0.545 e. The molecule has 0 atom stereocenters. The van der Waals surface area contributed by atoms with Crippen LogP contribution in [-0.4, -0.2) is 12.3 Å². The van der Waals surface area contributed by atoms with Gasteiger partial charge in [-0.3, -0.25) is 0 Å². The minimum atomic E-state index is -3.67. The molecule has 1 heterocycles. The number of carbonyl (C=O) groups excluding carboxylic acids is 1. The Balaban J connectivity index is 2.26. The molecule has 6 heteroatoms. The molecule has 0 amide bonds. The second-order valence-corrected chi connectivity index (χ2v) is 3.03. The van der Waals surface area contributed by atoms with E-state index in [9.17, 15) is 18.7 Å².